The molecule has 1 fully saturated rings. The van der Waals surface area contributed by atoms with Gasteiger partial charge in [-0.15, -0.1) is 0 Å². The first-order valence-electron chi connectivity index (χ1n) is 8.70. The minimum Gasteiger partial charge on any atom is -0.371 e. The van der Waals surface area contributed by atoms with E-state index in [0.29, 0.717) is 5.69 Å². The third kappa shape index (κ3) is 3.22. The van der Waals surface area contributed by atoms with E-state index in [0.717, 1.165) is 35.9 Å². The van der Waals surface area contributed by atoms with E-state index < -0.39 is 0 Å². The van der Waals surface area contributed by atoms with Crippen molar-refractivity contribution in [3.8, 4) is 0 Å². The van der Waals surface area contributed by atoms with Gasteiger partial charge in [0.15, 0.2) is 0 Å². The maximum absolute atomic E-state index is 12.5. The molecule has 1 aromatic carbocycles. The smallest absolute Gasteiger partial charge is 0.275 e. The van der Waals surface area contributed by atoms with Gasteiger partial charge in [0, 0.05) is 36.9 Å². The molecule has 128 valence electrons. The Kier molecular flexibility index (Phi) is 3.92. The van der Waals surface area contributed by atoms with E-state index in [1.165, 1.54) is 12.1 Å². The number of pyridine rings is 1. The number of carbonyl (C=O) groups is 1. The third-order valence-corrected chi connectivity index (χ3v) is 4.76. The van der Waals surface area contributed by atoms with E-state index in [4.69, 9.17) is 0 Å². The summed E-state index contributed by atoms with van der Waals surface area (Å²) in [5.41, 5.74) is 4.32. The summed E-state index contributed by atoms with van der Waals surface area (Å²) in [6.45, 7) is 6.50. The fourth-order valence-corrected chi connectivity index (χ4v) is 3.31. The first-order chi connectivity index (χ1) is 12.1. The van der Waals surface area contributed by atoms with E-state index in [1.807, 2.05) is 41.8 Å². The number of hydrogen-bond acceptors (Lipinski definition) is 3. The normalized spacial score (nSPS) is 17.2. The second kappa shape index (κ2) is 6.24. The minimum absolute atomic E-state index is 0.191. The Morgan fingerprint density at radius 2 is 2.04 bits per heavy atom. The molecule has 5 heteroatoms. The van der Waals surface area contributed by atoms with Crippen LogP contribution in [-0.4, -0.2) is 28.4 Å². The SMILES string of the molecule is Cc1ccn2cc(C(=O)Nc3ccc(N4CCC(C)C4)cc3)nc2c1. The molecule has 1 unspecified atom stereocenters. The quantitative estimate of drug-likeness (QED) is 0.794. The van der Waals surface area contributed by atoms with Crippen molar-refractivity contribution < 1.29 is 4.79 Å². The molecule has 0 spiro atoms. The van der Waals surface area contributed by atoms with Crippen LogP contribution in [-0.2, 0) is 0 Å². The molecule has 1 saturated heterocycles. The van der Waals surface area contributed by atoms with Gasteiger partial charge in [-0.25, -0.2) is 4.98 Å². The fraction of sp³-hybridized carbons (Fsp3) is 0.300. The van der Waals surface area contributed by atoms with Crippen LogP contribution in [0.4, 0.5) is 11.4 Å². The van der Waals surface area contributed by atoms with Gasteiger partial charge in [0.1, 0.15) is 11.3 Å². The topological polar surface area (TPSA) is 49.6 Å². The van der Waals surface area contributed by atoms with E-state index in [-0.39, 0.29) is 5.91 Å². The Labute approximate surface area is 147 Å². The summed E-state index contributed by atoms with van der Waals surface area (Å²) in [4.78, 5) is 19.2. The molecule has 25 heavy (non-hydrogen) atoms. The van der Waals surface area contributed by atoms with Crippen molar-refractivity contribution in [2.24, 2.45) is 5.92 Å². The Morgan fingerprint density at radius 3 is 2.76 bits per heavy atom. The number of rotatable bonds is 3. The number of imidazole rings is 1. The molecule has 0 aliphatic carbocycles. The number of amides is 1. The zero-order valence-corrected chi connectivity index (χ0v) is 14.6. The van der Waals surface area contributed by atoms with Crippen LogP contribution in [0.1, 0.15) is 29.4 Å². The summed E-state index contributed by atoms with van der Waals surface area (Å²) in [5, 5.41) is 2.93. The summed E-state index contributed by atoms with van der Waals surface area (Å²) < 4.78 is 1.86. The molecule has 0 bridgehead atoms. The molecule has 0 saturated carbocycles. The van der Waals surface area contributed by atoms with Crippen LogP contribution in [0.2, 0.25) is 0 Å². The fourth-order valence-electron chi connectivity index (χ4n) is 3.31. The monoisotopic (exact) mass is 334 g/mol. The summed E-state index contributed by atoms with van der Waals surface area (Å²) in [6, 6.07) is 12.0. The van der Waals surface area contributed by atoms with E-state index >= 15 is 0 Å². The van der Waals surface area contributed by atoms with Gasteiger partial charge in [-0.05, 0) is 61.2 Å². The molecule has 1 aliphatic rings. The maximum atomic E-state index is 12.5. The van der Waals surface area contributed by atoms with Gasteiger partial charge >= 0.3 is 0 Å². The lowest BCUT2D eigenvalue weighted by Crippen LogP contribution is -2.19. The van der Waals surface area contributed by atoms with Crippen LogP contribution in [0.3, 0.4) is 0 Å². The van der Waals surface area contributed by atoms with Crippen molar-refractivity contribution in [3.05, 3.63) is 60.0 Å². The largest absolute Gasteiger partial charge is 0.371 e. The van der Waals surface area contributed by atoms with Crippen molar-refractivity contribution in [1.82, 2.24) is 9.38 Å². The van der Waals surface area contributed by atoms with Crippen LogP contribution >= 0.6 is 0 Å². The Morgan fingerprint density at radius 1 is 1.24 bits per heavy atom. The van der Waals surface area contributed by atoms with Crippen molar-refractivity contribution in [3.63, 3.8) is 0 Å². The number of fused-ring (bicyclic) bond motifs is 1. The van der Waals surface area contributed by atoms with Gasteiger partial charge in [-0.1, -0.05) is 6.92 Å². The minimum atomic E-state index is -0.191. The average molecular weight is 334 g/mol. The molecule has 1 amide bonds. The number of aryl methyl sites for hydroxylation is 1. The number of benzene rings is 1. The third-order valence-electron chi connectivity index (χ3n) is 4.76. The Bertz CT molecular complexity index is 913. The van der Waals surface area contributed by atoms with Gasteiger partial charge in [0.25, 0.3) is 5.91 Å². The predicted molar refractivity (Wildman–Crippen MR) is 100 cm³/mol. The second-order valence-electron chi connectivity index (χ2n) is 6.94. The van der Waals surface area contributed by atoms with Gasteiger partial charge in [-0.2, -0.15) is 0 Å². The second-order valence-corrected chi connectivity index (χ2v) is 6.94. The molecular weight excluding hydrogens is 312 g/mol. The molecule has 1 aliphatic heterocycles. The molecule has 3 aromatic rings. The molecule has 3 heterocycles. The first-order valence-corrected chi connectivity index (χ1v) is 8.70. The number of aromatic nitrogens is 2. The van der Waals surface area contributed by atoms with Gasteiger partial charge < -0.3 is 14.6 Å². The molecule has 1 atom stereocenters. The van der Waals surface area contributed by atoms with Crippen LogP contribution in [0, 0.1) is 12.8 Å². The van der Waals surface area contributed by atoms with E-state index in [2.05, 4.69) is 34.3 Å². The van der Waals surface area contributed by atoms with Gasteiger partial charge in [0.2, 0.25) is 0 Å². The Balaban J connectivity index is 1.48. The maximum Gasteiger partial charge on any atom is 0.275 e. The van der Waals surface area contributed by atoms with Crippen molar-refractivity contribution in [2.45, 2.75) is 20.3 Å². The number of nitrogens with zero attached hydrogens (tertiary/aromatic N) is 3. The highest BCUT2D eigenvalue weighted by Gasteiger charge is 2.18. The van der Waals surface area contributed by atoms with Crippen molar-refractivity contribution >= 4 is 22.9 Å². The lowest BCUT2D eigenvalue weighted by atomic mass is 10.2. The first kappa shape index (κ1) is 15.7. The van der Waals surface area contributed by atoms with Gasteiger partial charge in [-0.3, -0.25) is 4.79 Å². The molecule has 0 radical (unpaired) electrons. The molecular formula is C20H22N4O. The lowest BCUT2D eigenvalue weighted by molar-refractivity contribution is 0.102. The summed E-state index contributed by atoms with van der Waals surface area (Å²) in [7, 11) is 0. The van der Waals surface area contributed by atoms with Crippen molar-refractivity contribution in [1.29, 1.82) is 0 Å². The van der Waals surface area contributed by atoms with Crippen LogP contribution in [0.5, 0.6) is 0 Å². The summed E-state index contributed by atoms with van der Waals surface area (Å²) in [5.74, 6) is 0.557. The highest BCUT2D eigenvalue weighted by Crippen LogP contribution is 2.25. The molecule has 2 aromatic heterocycles. The van der Waals surface area contributed by atoms with E-state index in [9.17, 15) is 4.79 Å². The van der Waals surface area contributed by atoms with Gasteiger partial charge in [0.05, 0.1) is 0 Å². The zero-order valence-electron chi connectivity index (χ0n) is 14.6. The summed E-state index contributed by atoms with van der Waals surface area (Å²) in [6.07, 6.45) is 4.91. The molecule has 1 N–H and O–H groups in total. The van der Waals surface area contributed by atoms with Crippen molar-refractivity contribution in [2.75, 3.05) is 23.3 Å². The zero-order chi connectivity index (χ0) is 17.4. The average Bonchev–Trinajstić information content (AvgIpc) is 3.21. The Hall–Kier alpha value is -2.82. The lowest BCUT2D eigenvalue weighted by Gasteiger charge is -2.18. The standard InChI is InChI=1S/C20H22N4O/c1-14-7-10-24-13-18(22-19(24)11-14)20(25)21-16-3-5-17(6-4-16)23-9-8-15(2)12-23/h3-7,10-11,13,15H,8-9,12H2,1-2H3,(H,21,25). The number of anilines is 2. The highest BCUT2D eigenvalue weighted by molar-refractivity contribution is 6.03. The predicted octanol–water partition coefficient (Wildman–Crippen LogP) is 3.74. The number of hydrogen-bond donors (Lipinski definition) is 1. The number of nitrogens with one attached hydrogen (secondary N) is 1. The number of carbonyl (C=O) groups excluding carboxylic acids is 1. The van der Waals surface area contributed by atoms with Crippen LogP contribution in [0.15, 0.2) is 48.8 Å². The molecule has 5 nitrogen and oxygen atoms in total. The van der Waals surface area contributed by atoms with Crippen LogP contribution in [0.25, 0.3) is 5.65 Å². The van der Waals surface area contributed by atoms with E-state index in [1.54, 1.807) is 6.20 Å². The molecule has 4 rings (SSSR count). The van der Waals surface area contributed by atoms with Crippen LogP contribution < -0.4 is 10.2 Å². The highest BCUT2D eigenvalue weighted by atomic mass is 16.1. The summed E-state index contributed by atoms with van der Waals surface area (Å²) >= 11 is 0.